The Balaban J connectivity index is 2.10. The van der Waals surface area contributed by atoms with Gasteiger partial charge in [-0.1, -0.05) is 18.2 Å². The summed E-state index contributed by atoms with van der Waals surface area (Å²) in [5.74, 6) is -0.0641. The van der Waals surface area contributed by atoms with Crippen LogP contribution >= 0.6 is 0 Å². The molecule has 1 fully saturated rings. The first kappa shape index (κ1) is 9.19. The van der Waals surface area contributed by atoms with Gasteiger partial charge in [0.2, 0.25) is 0 Å². The number of hydrogen-bond donors (Lipinski definition) is 0. The largest absolute Gasteiger partial charge is 0.336 e. The van der Waals surface area contributed by atoms with E-state index in [-0.39, 0.29) is 12.5 Å². The number of amides is 1. The van der Waals surface area contributed by atoms with Crippen LogP contribution in [0.5, 0.6) is 0 Å². The first-order chi connectivity index (χ1) is 6.77. The number of rotatable bonds is 1. The molecule has 0 N–H and O–H groups in total. The Morgan fingerprint density at radius 3 is 2.64 bits per heavy atom. The Bertz CT molecular complexity index is 325. The molecule has 14 heavy (non-hydrogen) atoms. The van der Waals surface area contributed by atoms with Crippen LogP contribution in [0.15, 0.2) is 30.3 Å². The van der Waals surface area contributed by atoms with Crippen molar-refractivity contribution in [1.29, 1.82) is 0 Å². The zero-order valence-corrected chi connectivity index (χ0v) is 7.82. The van der Waals surface area contributed by atoms with Gasteiger partial charge in [0.05, 0.1) is 6.54 Å². The number of halogens is 1. The molecule has 1 heterocycles. The Morgan fingerprint density at radius 2 is 2.07 bits per heavy atom. The molecule has 0 radical (unpaired) electrons. The van der Waals surface area contributed by atoms with Crippen molar-refractivity contribution in [3.63, 3.8) is 0 Å². The molecule has 2 nitrogen and oxygen atoms in total. The highest BCUT2D eigenvalue weighted by atomic mass is 19.1. The molecule has 1 amide bonds. The van der Waals surface area contributed by atoms with Gasteiger partial charge in [-0.2, -0.15) is 0 Å². The summed E-state index contributed by atoms with van der Waals surface area (Å²) in [6.07, 6.45) is -0.374. The third-order valence-corrected chi connectivity index (χ3v) is 2.44. The highest BCUT2D eigenvalue weighted by molar-refractivity contribution is 5.94. The van der Waals surface area contributed by atoms with Crippen LogP contribution in [-0.4, -0.2) is 30.1 Å². The minimum atomic E-state index is -0.845. The molecule has 1 saturated heterocycles. The van der Waals surface area contributed by atoms with E-state index in [0.717, 1.165) is 0 Å². The lowest BCUT2D eigenvalue weighted by Crippen LogP contribution is -2.28. The van der Waals surface area contributed by atoms with Crippen molar-refractivity contribution in [3.8, 4) is 0 Å². The molecule has 1 aromatic rings. The van der Waals surface area contributed by atoms with Gasteiger partial charge < -0.3 is 4.90 Å². The number of nitrogens with zero attached hydrogens (tertiary/aromatic N) is 1. The van der Waals surface area contributed by atoms with E-state index in [1.54, 1.807) is 17.0 Å². The molecule has 1 aliphatic heterocycles. The molecule has 0 aliphatic carbocycles. The van der Waals surface area contributed by atoms with Gasteiger partial charge in [0.25, 0.3) is 5.91 Å². The van der Waals surface area contributed by atoms with Crippen LogP contribution in [0.25, 0.3) is 0 Å². The van der Waals surface area contributed by atoms with E-state index in [9.17, 15) is 9.18 Å². The molecule has 0 unspecified atom stereocenters. The number of likely N-dealkylation sites (tertiary alicyclic amines) is 1. The molecule has 74 valence electrons. The SMILES string of the molecule is O=C(c1ccccc1)N1CC[C@@H](F)C1. The van der Waals surface area contributed by atoms with Crippen LogP contribution < -0.4 is 0 Å². The topological polar surface area (TPSA) is 20.3 Å². The normalized spacial score (nSPS) is 21.2. The Morgan fingerprint density at radius 1 is 1.36 bits per heavy atom. The van der Waals surface area contributed by atoms with Crippen LogP contribution in [0.4, 0.5) is 4.39 Å². The van der Waals surface area contributed by atoms with Crippen LogP contribution in [0, 0.1) is 0 Å². The number of carbonyl (C=O) groups excluding carboxylic acids is 1. The summed E-state index contributed by atoms with van der Waals surface area (Å²) in [4.78, 5) is 13.3. The Labute approximate surface area is 82.3 Å². The average molecular weight is 193 g/mol. The number of alkyl halides is 1. The second-order valence-electron chi connectivity index (χ2n) is 3.50. The minimum Gasteiger partial charge on any atom is -0.336 e. The molecule has 0 spiro atoms. The number of carbonyl (C=O) groups is 1. The first-order valence-corrected chi connectivity index (χ1v) is 4.76. The zero-order chi connectivity index (χ0) is 9.97. The monoisotopic (exact) mass is 193 g/mol. The summed E-state index contributed by atoms with van der Waals surface area (Å²) in [5, 5.41) is 0. The van der Waals surface area contributed by atoms with Crippen molar-refractivity contribution in [2.75, 3.05) is 13.1 Å². The van der Waals surface area contributed by atoms with Gasteiger partial charge in [-0.25, -0.2) is 4.39 Å². The lowest BCUT2D eigenvalue weighted by atomic mass is 10.2. The van der Waals surface area contributed by atoms with Crippen LogP contribution in [0.1, 0.15) is 16.8 Å². The lowest BCUT2D eigenvalue weighted by molar-refractivity contribution is 0.0783. The van der Waals surface area contributed by atoms with Crippen LogP contribution in [0.3, 0.4) is 0 Å². The quantitative estimate of drug-likeness (QED) is 0.666. The Kier molecular flexibility index (Phi) is 2.48. The Hall–Kier alpha value is -1.38. The van der Waals surface area contributed by atoms with E-state index in [1.807, 2.05) is 18.2 Å². The number of benzene rings is 1. The van der Waals surface area contributed by atoms with Gasteiger partial charge in [-0.05, 0) is 18.6 Å². The van der Waals surface area contributed by atoms with E-state index in [1.165, 1.54) is 0 Å². The highest BCUT2D eigenvalue weighted by Crippen LogP contribution is 2.15. The second kappa shape index (κ2) is 3.78. The van der Waals surface area contributed by atoms with E-state index in [2.05, 4.69) is 0 Å². The van der Waals surface area contributed by atoms with Gasteiger partial charge in [0.1, 0.15) is 6.17 Å². The molecule has 1 atom stereocenters. The standard InChI is InChI=1S/C11H12FNO/c12-10-6-7-13(8-10)11(14)9-4-2-1-3-5-9/h1-5,10H,6-8H2/t10-/m1/s1. The lowest BCUT2D eigenvalue weighted by Gasteiger charge is -2.14. The summed E-state index contributed by atoms with van der Waals surface area (Å²) in [7, 11) is 0. The molecule has 0 aromatic heterocycles. The first-order valence-electron chi connectivity index (χ1n) is 4.76. The summed E-state index contributed by atoms with van der Waals surface area (Å²) in [5.41, 5.74) is 0.640. The van der Waals surface area contributed by atoms with Gasteiger partial charge in [0.15, 0.2) is 0 Å². The van der Waals surface area contributed by atoms with Gasteiger partial charge in [0, 0.05) is 12.1 Å². The summed E-state index contributed by atoms with van der Waals surface area (Å²) in [6.45, 7) is 0.780. The maximum atomic E-state index is 12.9. The smallest absolute Gasteiger partial charge is 0.253 e. The molecular weight excluding hydrogens is 181 g/mol. The summed E-state index contributed by atoms with van der Waals surface area (Å²) in [6, 6.07) is 9.01. The third kappa shape index (κ3) is 1.76. The van der Waals surface area contributed by atoms with Crippen molar-refractivity contribution in [2.45, 2.75) is 12.6 Å². The minimum absolute atomic E-state index is 0.0641. The molecule has 1 aliphatic rings. The van der Waals surface area contributed by atoms with Crippen molar-refractivity contribution in [3.05, 3.63) is 35.9 Å². The maximum Gasteiger partial charge on any atom is 0.253 e. The number of hydrogen-bond acceptors (Lipinski definition) is 1. The third-order valence-electron chi connectivity index (χ3n) is 2.44. The zero-order valence-electron chi connectivity index (χ0n) is 7.82. The molecule has 0 bridgehead atoms. The van der Waals surface area contributed by atoms with Crippen LogP contribution in [-0.2, 0) is 0 Å². The fourth-order valence-electron chi connectivity index (χ4n) is 1.67. The summed E-state index contributed by atoms with van der Waals surface area (Å²) >= 11 is 0. The van der Waals surface area contributed by atoms with E-state index < -0.39 is 6.17 Å². The van der Waals surface area contributed by atoms with Crippen molar-refractivity contribution < 1.29 is 9.18 Å². The fraction of sp³-hybridized carbons (Fsp3) is 0.364. The molecular formula is C11H12FNO. The average Bonchev–Trinajstić information content (AvgIpc) is 2.65. The maximum absolute atomic E-state index is 12.9. The van der Waals surface area contributed by atoms with Crippen LogP contribution in [0.2, 0.25) is 0 Å². The molecule has 1 aromatic carbocycles. The van der Waals surface area contributed by atoms with Gasteiger partial charge in [-0.3, -0.25) is 4.79 Å². The molecule has 0 saturated carbocycles. The predicted octanol–water partition coefficient (Wildman–Crippen LogP) is 1.87. The molecule has 2 rings (SSSR count). The van der Waals surface area contributed by atoms with Gasteiger partial charge in [-0.15, -0.1) is 0 Å². The second-order valence-corrected chi connectivity index (χ2v) is 3.50. The molecule has 3 heteroatoms. The fourth-order valence-corrected chi connectivity index (χ4v) is 1.67. The van der Waals surface area contributed by atoms with Gasteiger partial charge >= 0.3 is 0 Å². The predicted molar refractivity (Wildman–Crippen MR) is 51.9 cm³/mol. The van der Waals surface area contributed by atoms with Crippen molar-refractivity contribution >= 4 is 5.91 Å². The van der Waals surface area contributed by atoms with E-state index >= 15 is 0 Å². The van der Waals surface area contributed by atoms with E-state index in [0.29, 0.717) is 18.5 Å². The van der Waals surface area contributed by atoms with Crippen molar-refractivity contribution in [2.24, 2.45) is 0 Å². The summed E-state index contributed by atoms with van der Waals surface area (Å²) < 4.78 is 12.9. The highest BCUT2D eigenvalue weighted by Gasteiger charge is 2.26. The van der Waals surface area contributed by atoms with E-state index in [4.69, 9.17) is 0 Å². The van der Waals surface area contributed by atoms with Crippen molar-refractivity contribution in [1.82, 2.24) is 4.90 Å².